The third-order valence-electron chi connectivity index (χ3n) is 3.36. The number of hydrogen-bond donors (Lipinski definition) is 0. The van der Waals surface area contributed by atoms with Crippen LogP contribution < -0.4 is 0 Å². The number of aromatic nitrogens is 2. The summed E-state index contributed by atoms with van der Waals surface area (Å²) in [6.07, 6.45) is 0. The third kappa shape index (κ3) is 2.58. The summed E-state index contributed by atoms with van der Waals surface area (Å²) in [5, 5.41) is 15.0. The molecule has 0 bridgehead atoms. The molecule has 1 aromatic heterocycles. The minimum absolute atomic E-state index is 0.0350. The van der Waals surface area contributed by atoms with E-state index in [1.807, 2.05) is 31.2 Å². The van der Waals surface area contributed by atoms with Gasteiger partial charge in [0, 0.05) is 22.8 Å². The van der Waals surface area contributed by atoms with Crippen LogP contribution in [-0.2, 0) is 0 Å². The van der Waals surface area contributed by atoms with Crippen LogP contribution in [0, 0.1) is 24.0 Å². The fraction of sp³-hybridized carbons (Fsp3) is 0.125. The molecule has 110 valence electrons. The summed E-state index contributed by atoms with van der Waals surface area (Å²) >= 11 is 0. The molecule has 0 atom stereocenters. The maximum absolute atomic E-state index is 11.0. The van der Waals surface area contributed by atoms with E-state index in [-0.39, 0.29) is 11.6 Å². The van der Waals surface area contributed by atoms with Crippen molar-refractivity contribution in [1.29, 1.82) is 0 Å². The van der Waals surface area contributed by atoms with Crippen LogP contribution in [0.5, 0.6) is 0 Å². The van der Waals surface area contributed by atoms with Crippen LogP contribution >= 0.6 is 0 Å². The van der Waals surface area contributed by atoms with E-state index in [9.17, 15) is 10.1 Å². The zero-order chi connectivity index (χ0) is 15.7. The van der Waals surface area contributed by atoms with Crippen LogP contribution in [0.15, 0.2) is 47.0 Å². The summed E-state index contributed by atoms with van der Waals surface area (Å²) in [5.41, 5.74) is 3.09. The normalized spacial score (nSPS) is 10.6. The van der Waals surface area contributed by atoms with E-state index < -0.39 is 4.92 Å². The minimum atomic E-state index is -0.420. The molecule has 0 amide bonds. The van der Waals surface area contributed by atoms with Crippen LogP contribution in [0.1, 0.15) is 11.1 Å². The Morgan fingerprint density at radius 2 is 1.91 bits per heavy atom. The third-order valence-corrected chi connectivity index (χ3v) is 3.36. The van der Waals surface area contributed by atoms with E-state index in [4.69, 9.17) is 4.52 Å². The predicted molar refractivity (Wildman–Crippen MR) is 81.3 cm³/mol. The van der Waals surface area contributed by atoms with Crippen LogP contribution in [0.4, 0.5) is 5.69 Å². The van der Waals surface area contributed by atoms with Gasteiger partial charge >= 0.3 is 0 Å². The molecule has 3 aromatic rings. The maximum atomic E-state index is 11.0. The molecule has 6 nitrogen and oxygen atoms in total. The molecule has 0 aliphatic carbocycles. The SMILES string of the molecule is Cc1cccc(-c2noc(-c3ccc(C)c([N+](=O)[O-])c3)n2)c1. The van der Waals surface area contributed by atoms with Gasteiger partial charge in [0.1, 0.15) is 0 Å². The van der Waals surface area contributed by atoms with Gasteiger partial charge in [-0.2, -0.15) is 4.98 Å². The summed E-state index contributed by atoms with van der Waals surface area (Å²) in [6, 6.07) is 12.6. The Balaban J connectivity index is 2.01. The standard InChI is InChI=1S/C16H13N3O3/c1-10-4-3-5-12(8-10)15-17-16(22-18-15)13-7-6-11(2)14(9-13)19(20)21/h3-9H,1-2H3. The minimum Gasteiger partial charge on any atom is -0.334 e. The van der Waals surface area contributed by atoms with Gasteiger partial charge in [-0.3, -0.25) is 10.1 Å². The lowest BCUT2D eigenvalue weighted by Gasteiger charge is -1.98. The number of nitro groups is 1. The highest BCUT2D eigenvalue weighted by Crippen LogP contribution is 2.27. The molecule has 22 heavy (non-hydrogen) atoms. The van der Waals surface area contributed by atoms with Crippen molar-refractivity contribution in [3.63, 3.8) is 0 Å². The van der Waals surface area contributed by atoms with Gasteiger partial charge in [-0.05, 0) is 26.0 Å². The molecule has 2 aromatic carbocycles. The van der Waals surface area contributed by atoms with Crippen LogP contribution in [0.2, 0.25) is 0 Å². The van der Waals surface area contributed by atoms with E-state index in [0.29, 0.717) is 17.0 Å². The summed E-state index contributed by atoms with van der Waals surface area (Å²) in [4.78, 5) is 14.9. The molecule has 0 spiro atoms. The Hall–Kier alpha value is -3.02. The van der Waals surface area contributed by atoms with Gasteiger partial charge < -0.3 is 4.52 Å². The first-order chi connectivity index (χ1) is 10.5. The molecule has 1 heterocycles. The molecule has 0 radical (unpaired) electrons. The lowest BCUT2D eigenvalue weighted by Crippen LogP contribution is -1.92. The van der Waals surface area contributed by atoms with Crippen LogP contribution in [-0.4, -0.2) is 15.1 Å². The van der Waals surface area contributed by atoms with Gasteiger partial charge in [-0.25, -0.2) is 0 Å². The molecule has 0 N–H and O–H groups in total. The molecular formula is C16H13N3O3. The number of hydrogen-bond acceptors (Lipinski definition) is 5. The first kappa shape index (κ1) is 13.9. The molecule has 0 unspecified atom stereocenters. The molecule has 0 saturated heterocycles. The summed E-state index contributed by atoms with van der Waals surface area (Å²) < 4.78 is 5.24. The number of rotatable bonds is 3. The Kier molecular flexibility index (Phi) is 3.42. The highest BCUT2D eigenvalue weighted by atomic mass is 16.6. The first-order valence-corrected chi connectivity index (χ1v) is 6.71. The Bertz CT molecular complexity index is 855. The smallest absolute Gasteiger partial charge is 0.273 e. The Morgan fingerprint density at radius 3 is 2.64 bits per heavy atom. The number of aryl methyl sites for hydroxylation is 2. The molecule has 0 fully saturated rings. The van der Waals surface area contributed by atoms with Crippen molar-refractivity contribution in [3.8, 4) is 22.8 Å². The van der Waals surface area contributed by atoms with Crippen molar-refractivity contribution >= 4 is 5.69 Å². The summed E-state index contributed by atoms with van der Waals surface area (Å²) in [5.74, 6) is 0.724. The number of benzene rings is 2. The van der Waals surface area contributed by atoms with E-state index in [1.54, 1.807) is 19.1 Å². The molecule has 3 rings (SSSR count). The summed E-state index contributed by atoms with van der Waals surface area (Å²) in [7, 11) is 0. The second-order valence-corrected chi connectivity index (χ2v) is 5.05. The van der Waals surface area contributed by atoms with Crippen molar-refractivity contribution in [2.45, 2.75) is 13.8 Å². The molecule has 6 heteroatoms. The zero-order valence-electron chi connectivity index (χ0n) is 12.1. The van der Waals surface area contributed by atoms with E-state index in [0.717, 1.165) is 11.1 Å². The topological polar surface area (TPSA) is 82.1 Å². The maximum Gasteiger partial charge on any atom is 0.273 e. The Labute approximate surface area is 126 Å². The highest BCUT2D eigenvalue weighted by Gasteiger charge is 2.16. The van der Waals surface area contributed by atoms with E-state index in [2.05, 4.69) is 10.1 Å². The van der Waals surface area contributed by atoms with Crippen molar-refractivity contribution in [1.82, 2.24) is 10.1 Å². The molecular weight excluding hydrogens is 282 g/mol. The average molecular weight is 295 g/mol. The summed E-state index contributed by atoms with van der Waals surface area (Å²) in [6.45, 7) is 3.67. The fourth-order valence-electron chi connectivity index (χ4n) is 2.18. The molecule has 0 aliphatic rings. The van der Waals surface area contributed by atoms with Crippen LogP contribution in [0.3, 0.4) is 0 Å². The second kappa shape index (κ2) is 5.40. The van der Waals surface area contributed by atoms with Gasteiger partial charge in [0.15, 0.2) is 0 Å². The highest BCUT2D eigenvalue weighted by molar-refractivity contribution is 5.63. The second-order valence-electron chi connectivity index (χ2n) is 5.05. The van der Waals surface area contributed by atoms with Gasteiger partial charge in [-0.1, -0.05) is 35.0 Å². The van der Waals surface area contributed by atoms with Crippen molar-refractivity contribution in [3.05, 3.63) is 63.7 Å². The zero-order valence-corrected chi connectivity index (χ0v) is 12.1. The van der Waals surface area contributed by atoms with Gasteiger partial charge in [0.05, 0.1) is 4.92 Å². The number of nitro benzene ring substituents is 1. The van der Waals surface area contributed by atoms with Gasteiger partial charge in [0.2, 0.25) is 5.82 Å². The van der Waals surface area contributed by atoms with Crippen molar-refractivity contribution in [2.24, 2.45) is 0 Å². The molecule has 0 aliphatic heterocycles. The first-order valence-electron chi connectivity index (χ1n) is 6.71. The Morgan fingerprint density at radius 1 is 1.09 bits per heavy atom. The quantitative estimate of drug-likeness (QED) is 0.540. The van der Waals surface area contributed by atoms with Gasteiger partial charge in [-0.15, -0.1) is 0 Å². The van der Waals surface area contributed by atoms with Crippen molar-refractivity contribution in [2.75, 3.05) is 0 Å². The van der Waals surface area contributed by atoms with Crippen molar-refractivity contribution < 1.29 is 9.45 Å². The average Bonchev–Trinajstić information content (AvgIpc) is 2.97. The number of nitrogens with zero attached hydrogens (tertiary/aromatic N) is 3. The largest absolute Gasteiger partial charge is 0.334 e. The van der Waals surface area contributed by atoms with E-state index >= 15 is 0 Å². The molecule has 0 saturated carbocycles. The monoisotopic (exact) mass is 295 g/mol. The van der Waals surface area contributed by atoms with Gasteiger partial charge in [0.25, 0.3) is 11.6 Å². The lowest BCUT2D eigenvalue weighted by molar-refractivity contribution is -0.385. The van der Waals surface area contributed by atoms with Crippen LogP contribution in [0.25, 0.3) is 22.8 Å². The van der Waals surface area contributed by atoms with E-state index in [1.165, 1.54) is 6.07 Å². The lowest BCUT2D eigenvalue weighted by atomic mass is 10.1. The predicted octanol–water partition coefficient (Wildman–Crippen LogP) is 3.93. The fourth-order valence-corrected chi connectivity index (χ4v) is 2.18.